The van der Waals surface area contributed by atoms with E-state index in [0.29, 0.717) is 48.5 Å². The molecule has 10 heteroatoms. The summed E-state index contributed by atoms with van der Waals surface area (Å²) in [5, 5.41) is 21.6. The third kappa shape index (κ3) is 4.68. The molecule has 3 aromatic rings. The number of methoxy groups -OCH3 is 1. The number of imidazole rings is 1. The third-order valence-corrected chi connectivity index (χ3v) is 8.54. The largest absolute Gasteiger partial charge is 0.490 e. The molecule has 0 radical (unpaired) electrons. The second-order valence-corrected chi connectivity index (χ2v) is 11.3. The van der Waals surface area contributed by atoms with E-state index in [9.17, 15) is 24.2 Å². The van der Waals surface area contributed by atoms with Crippen LogP contribution in [0.5, 0.6) is 5.75 Å². The average Bonchev–Trinajstić information content (AvgIpc) is 3.69. The van der Waals surface area contributed by atoms with E-state index in [0.717, 1.165) is 36.8 Å². The lowest BCUT2D eigenvalue weighted by Crippen LogP contribution is -2.42. The van der Waals surface area contributed by atoms with Crippen LogP contribution in [-0.2, 0) is 16.0 Å². The van der Waals surface area contributed by atoms with E-state index in [1.807, 2.05) is 23.6 Å². The van der Waals surface area contributed by atoms with Crippen molar-refractivity contribution in [2.45, 2.75) is 82.6 Å². The number of hydrogen-bond donors (Lipinski definition) is 2. The summed E-state index contributed by atoms with van der Waals surface area (Å²) >= 11 is 0. The van der Waals surface area contributed by atoms with Crippen molar-refractivity contribution in [1.82, 2.24) is 9.55 Å². The van der Waals surface area contributed by atoms with Crippen LogP contribution in [0.2, 0.25) is 0 Å². The maximum atomic E-state index is 14.5. The molecule has 0 saturated heterocycles. The molecule has 0 bridgehead atoms. The minimum Gasteiger partial charge on any atom is -0.490 e. The van der Waals surface area contributed by atoms with Crippen molar-refractivity contribution in [2.24, 2.45) is 5.92 Å². The van der Waals surface area contributed by atoms with E-state index in [1.165, 1.54) is 25.3 Å². The molecule has 3 aliphatic rings. The Morgan fingerprint density at radius 1 is 1.12 bits per heavy atom. The van der Waals surface area contributed by atoms with Gasteiger partial charge in [-0.05, 0) is 82.2 Å². The number of halogens is 1. The normalized spacial score (nSPS) is 23.5. The molecular formula is C30H34FN3O6. The molecule has 2 aliphatic carbocycles. The Balaban J connectivity index is 1.52. The van der Waals surface area contributed by atoms with Gasteiger partial charge in [0, 0.05) is 23.2 Å². The van der Waals surface area contributed by atoms with Crippen molar-refractivity contribution in [2.75, 3.05) is 12.0 Å². The van der Waals surface area contributed by atoms with Crippen LogP contribution in [0.1, 0.15) is 81.0 Å². The molecule has 4 atom stereocenters. The molecule has 2 heterocycles. The number of hydrogen-bond acceptors (Lipinski definition) is 6. The van der Waals surface area contributed by atoms with Crippen molar-refractivity contribution in [3.63, 3.8) is 0 Å². The highest BCUT2D eigenvalue weighted by Gasteiger charge is 2.36. The van der Waals surface area contributed by atoms with Gasteiger partial charge in [0.2, 0.25) is 0 Å². The van der Waals surface area contributed by atoms with Crippen LogP contribution in [0.4, 0.5) is 14.9 Å². The molecule has 2 saturated carbocycles. The van der Waals surface area contributed by atoms with E-state index in [-0.39, 0.29) is 23.8 Å². The molecule has 6 rings (SSSR count). The number of aliphatic carboxylic acids is 1. The number of nitrogens with zero attached hydrogens (tertiary/aromatic N) is 3. The van der Waals surface area contributed by atoms with E-state index in [1.54, 1.807) is 4.90 Å². The number of rotatable bonds is 6. The monoisotopic (exact) mass is 551 g/mol. The molecule has 0 unspecified atom stereocenters. The number of aliphatic hydroxyl groups is 1. The van der Waals surface area contributed by atoms with Gasteiger partial charge in [-0.15, -0.1) is 0 Å². The number of amides is 1. The number of carbonyl (C=O) groups is 2. The zero-order chi connectivity index (χ0) is 28.1. The van der Waals surface area contributed by atoms with Gasteiger partial charge in [-0.25, -0.2) is 14.2 Å². The van der Waals surface area contributed by atoms with Gasteiger partial charge >= 0.3 is 12.1 Å². The Morgan fingerprint density at radius 3 is 2.65 bits per heavy atom. The quantitative estimate of drug-likeness (QED) is 0.415. The Labute approximate surface area is 231 Å². The molecule has 1 aliphatic heterocycles. The summed E-state index contributed by atoms with van der Waals surface area (Å²) in [6.45, 7) is 1.97. The molecule has 2 aromatic carbocycles. The van der Waals surface area contributed by atoms with Gasteiger partial charge in [0.15, 0.2) is 0 Å². The Bertz CT molecular complexity index is 1470. The van der Waals surface area contributed by atoms with Crippen molar-refractivity contribution < 1.29 is 33.7 Å². The number of aryl methyl sites for hydroxylation is 1. The number of aromatic nitrogens is 2. The molecular weight excluding hydrogens is 517 g/mol. The lowest BCUT2D eigenvalue weighted by molar-refractivity contribution is -0.143. The first kappa shape index (κ1) is 26.6. The first-order chi connectivity index (χ1) is 19.3. The fourth-order valence-electron chi connectivity index (χ4n) is 6.34. The molecule has 1 aromatic heterocycles. The highest BCUT2D eigenvalue weighted by atomic mass is 19.1. The predicted octanol–water partition coefficient (Wildman–Crippen LogP) is 5.52. The lowest BCUT2D eigenvalue weighted by Gasteiger charge is -2.34. The summed E-state index contributed by atoms with van der Waals surface area (Å²) in [5.74, 6) is -1.11. The maximum Gasteiger partial charge on any atom is 0.414 e. The van der Waals surface area contributed by atoms with E-state index < -0.39 is 29.9 Å². The van der Waals surface area contributed by atoms with Crippen molar-refractivity contribution in [3.8, 4) is 5.75 Å². The smallest absolute Gasteiger partial charge is 0.414 e. The number of carboxylic acids is 1. The molecule has 40 heavy (non-hydrogen) atoms. The van der Waals surface area contributed by atoms with Gasteiger partial charge in [-0.3, -0.25) is 9.69 Å². The summed E-state index contributed by atoms with van der Waals surface area (Å²) in [4.78, 5) is 31.2. The van der Waals surface area contributed by atoms with Crippen LogP contribution in [0.3, 0.4) is 0 Å². The molecule has 1 amide bonds. The number of fused-ring (bicyclic) bond motifs is 3. The minimum atomic E-state index is -1.31. The van der Waals surface area contributed by atoms with Crippen LogP contribution in [0.25, 0.3) is 11.0 Å². The van der Waals surface area contributed by atoms with Gasteiger partial charge in [-0.1, -0.05) is 6.42 Å². The zero-order valence-electron chi connectivity index (χ0n) is 22.7. The second-order valence-electron chi connectivity index (χ2n) is 11.3. The van der Waals surface area contributed by atoms with Crippen LogP contribution in [0, 0.1) is 11.7 Å². The number of carbonyl (C=O) groups excluding carboxylic acids is 1. The topological polar surface area (TPSA) is 114 Å². The molecule has 2 fully saturated rings. The van der Waals surface area contributed by atoms with Crippen LogP contribution in [-0.4, -0.2) is 51.1 Å². The highest BCUT2D eigenvalue weighted by molar-refractivity contribution is 5.95. The highest BCUT2D eigenvalue weighted by Crippen LogP contribution is 2.43. The maximum absolute atomic E-state index is 14.5. The van der Waals surface area contributed by atoms with Gasteiger partial charge < -0.3 is 24.3 Å². The van der Waals surface area contributed by atoms with Gasteiger partial charge in [0.1, 0.15) is 23.5 Å². The van der Waals surface area contributed by atoms with Crippen LogP contribution in [0.15, 0.2) is 30.3 Å². The summed E-state index contributed by atoms with van der Waals surface area (Å²) in [6, 6.07) is 7.61. The number of benzene rings is 2. The molecule has 212 valence electrons. The fourth-order valence-corrected chi connectivity index (χ4v) is 6.34. The third-order valence-electron chi connectivity index (χ3n) is 8.54. The number of aliphatic hydroxyl groups excluding tert-OH is 1. The van der Waals surface area contributed by atoms with E-state index >= 15 is 0 Å². The second kappa shape index (κ2) is 10.4. The summed E-state index contributed by atoms with van der Waals surface area (Å²) < 4.78 is 27.5. The predicted molar refractivity (Wildman–Crippen MR) is 145 cm³/mol. The van der Waals surface area contributed by atoms with Crippen molar-refractivity contribution in [3.05, 3.63) is 53.1 Å². The van der Waals surface area contributed by atoms with Crippen molar-refractivity contribution in [1.29, 1.82) is 0 Å². The van der Waals surface area contributed by atoms with Crippen molar-refractivity contribution >= 4 is 28.8 Å². The summed E-state index contributed by atoms with van der Waals surface area (Å²) in [7, 11) is 1.35. The Hall–Kier alpha value is -3.66. The zero-order valence-corrected chi connectivity index (χ0v) is 22.7. The summed E-state index contributed by atoms with van der Waals surface area (Å²) in [6.07, 6.45) is 3.93. The SMILES string of the molecule is COC(=O)N1c2ccc3c(nc([C@H](O)c4cc(F)ccc4OC4CC4)n3[C@@H]3CCC[C@@H](C(=O)O)C3)c2CC[C@@H]1C. The minimum absolute atomic E-state index is 0.0446. The van der Waals surface area contributed by atoms with Gasteiger partial charge in [-0.2, -0.15) is 0 Å². The molecule has 9 nitrogen and oxygen atoms in total. The first-order valence-corrected chi connectivity index (χ1v) is 14.0. The Kier molecular flexibility index (Phi) is 6.90. The van der Waals surface area contributed by atoms with Crippen LogP contribution >= 0.6 is 0 Å². The number of ether oxygens (including phenoxy) is 2. The fraction of sp³-hybridized carbons (Fsp3) is 0.500. The average molecular weight is 552 g/mol. The van der Waals surface area contributed by atoms with Gasteiger partial charge in [0.25, 0.3) is 0 Å². The lowest BCUT2D eigenvalue weighted by atomic mass is 9.85. The number of carboxylic acid groups (broad SMARTS) is 1. The Morgan fingerprint density at radius 2 is 1.93 bits per heavy atom. The summed E-state index contributed by atoms with van der Waals surface area (Å²) in [5.41, 5.74) is 3.26. The van der Waals surface area contributed by atoms with Crippen LogP contribution < -0.4 is 9.64 Å². The van der Waals surface area contributed by atoms with E-state index in [2.05, 4.69) is 0 Å². The standard InChI is InChI=1S/C30H34FN3O6/c1-16-6-10-21-23(33(16)30(38)39-2)11-12-24-26(21)32-28(34(24)19-5-3-4-17(14-19)29(36)37)27(35)22-15-18(31)7-13-25(22)40-20-8-9-20/h7,11-13,15-17,19-20,27,35H,3-6,8-10,14H2,1-2H3,(H,36,37)/t16-,17+,19+,27+/m0/s1. The molecule has 2 N–H and O–H groups in total. The van der Waals surface area contributed by atoms with Gasteiger partial charge in [0.05, 0.1) is 35.9 Å². The van der Waals surface area contributed by atoms with E-state index in [4.69, 9.17) is 14.5 Å². The molecule has 0 spiro atoms. The number of anilines is 1. The first-order valence-electron chi connectivity index (χ1n) is 14.0.